The number of rotatable bonds is 6. The lowest BCUT2D eigenvalue weighted by Crippen LogP contribution is -2.45. The molecule has 0 saturated carbocycles. The standard InChI is InChI=1S/C19H38N2.C9H19N3.2C2H6/c1-16(2)21-14-7-17(8-15-21)6-11-20-12-9-18(10-13-20)19(3,4)5;1-2-11-7-9(1)8-12-5-3-10-4-6-12;2*1-2/h16-18H,6-15H2,1-5H3;9-11H,1-8H2;2*1-2H3/t;9-;;/m.0../s1. The highest BCUT2D eigenvalue weighted by Crippen LogP contribution is 2.34. The van der Waals surface area contributed by atoms with E-state index in [-0.39, 0.29) is 0 Å². The summed E-state index contributed by atoms with van der Waals surface area (Å²) in [5, 5.41) is 6.80. The van der Waals surface area contributed by atoms with Crippen molar-refractivity contribution in [2.24, 2.45) is 23.2 Å². The van der Waals surface area contributed by atoms with Crippen molar-refractivity contribution < 1.29 is 0 Å². The maximum atomic E-state index is 3.42. The molecule has 4 rings (SSSR count). The van der Waals surface area contributed by atoms with Gasteiger partial charge in [-0.15, -0.1) is 0 Å². The summed E-state index contributed by atoms with van der Waals surface area (Å²) < 4.78 is 0. The largest absolute Gasteiger partial charge is 0.316 e. The van der Waals surface area contributed by atoms with E-state index in [0.717, 1.165) is 23.8 Å². The van der Waals surface area contributed by atoms with E-state index in [1.165, 1.54) is 117 Å². The lowest BCUT2D eigenvalue weighted by Gasteiger charge is -2.40. The third kappa shape index (κ3) is 14.1. The highest BCUT2D eigenvalue weighted by atomic mass is 15.2. The van der Waals surface area contributed by atoms with Crippen LogP contribution in [-0.2, 0) is 0 Å². The minimum Gasteiger partial charge on any atom is -0.316 e. The first-order valence-electron chi connectivity index (χ1n) is 16.4. The van der Waals surface area contributed by atoms with Crippen LogP contribution in [0.3, 0.4) is 0 Å². The van der Waals surface area contributed by atoms with Gasteiger partial charge in [0.25, 0.3) is 0 Å². The first-order chi connectivity index (χ1) is 17.8. The van der Waals surface area contributed by atoms with Crippen LogP contribution in [0, 0.1) is 23.2 Å². The van der Waals surface area contributed by atoms with E-state index < -0.39 is 0 Å². The summed E-state index contributed by atoms with van der Waals surface area (Å²) >= 11 is 0. The number of piperidine rings is 2. The fourth-order valence-corrected chi connectivity index (χ4v) is 6.27. The van der Waals surface area contributed by atoms with Crippen LogP contribution < -0.4 is 10.6 Å². The molecule has 0 aliphatic carbocycles. The second-order valence-electron chi connectivity index (χ2n) is 12.8. The van der Waals surface area contributed by atoms with E-state index >= 15 is 0 Å². The molecule has 0 aromatic heterocycles. The molecule has 0 amide bonds. The predicted molar refractivity (Wildman–Crippen MR) is 166 cm³/mol. The quantitative estimate of drug-likeness (QED) is 0.459. The maximum Gasteiger partial charge on any atom is 0.0107 e. The molecule has 4 saturated heterocycles. The lowest BCUT2D eigenvalue weighted by atomic mass is 9.75. The highest BCUT2D eigenvalue weighted by molar-refractivity contribution is 4.82. The van der Waals surface area contributed by atoms with E-state index in [1.807, 2.05) is 27.7 Å². The zero-order chi connectivity index (χ0) is 27.7. The first kappa shape index (κ1) is 34.8. The van der Waals surface area contributed by atoms with E-state index in [0.29, 0.717) is 5.41 Å². The smallest absolute Gasteiger partial charge is 0.0107 e. The lowest BCUT2D eigenvalue weighted by molar-refractivity contribution is 0.0977. The Kier molecular flexibility index (Phi) is 18.6. The zero-order valence-corrected chi connectivity index (χ0v) is 26.9. The van der Waals surface area contributed by atoms with Gasteiger partial charge in [0.2, 0.25) is 0 Å². The summed E-state index contributed by atoms with van der Waals surface area (Å²) in [7, 11) is 0. The SMILES string of the molecule is C1CN(C[C@H]2CCNC2)CCN1.CC.CC.CC(C)N1CCC(CCN2CCC(C(C)(C)C)CC2)CC1. The van der Waals surface area contributed by atoms with Crippen LogP contribution in [0.2, 0.25) is 0 Å². The van der Waals surface area contributed by atoms with Crippen molar-refractivity contribution in [2.45, 2.75) is 107 Å². The van der Waals surface area contributed by atoms with Gasteiger partial charge in [-0.2, -0.15) is 0 Å². The molecule has 2 N–H and O–H groups in total. The molecule has 0 aromatic rings. The predicted octanol–water partition coefficient (Wildman–Crippen LogP) is 5.81. The summed E-state index contributed by atoms with van der Waals surface area (Å²) in [6, 6.07) is 0.738. The number of hydrogen-bond donors (Lipinski definition) is 2. The van der Waals surface area contributed by atoms with Crippen LogP contribution in [0.5, 0.6) is 0 Å². The topological polar surface area (TPSA) is 33.8 Å². The Bertz CT molecular complexity index is 504. The molecule has 4 heterocycles. The van der Waals surface area contributed by atoms with Crippen LogP contribution in [0.15, 0.2) is 0 Å². The van der Waals surface area contributed by atoms with Gasteiger partial charge in [-0.3, -0.25) is 0 Å². The second kappa shape index (κ2) is 19.8. The molecule has 4 fully saturated rings. The molecule has 0 unspecified atom stereocenters. The molecule has 0 aromatic carbocycles. The van der Waals surface area contributed by atoms with Crippen LogP contribution in [0.1, 0.15) is 101 Å². The number of nitrogens with one attached hydrogen (secondary N) is 2. The summed E-state index contributed by atoms with van der Waals surface area (Å²) in [6.07, 6.45) is 8.49. The molecule has 1 atom stereocenters. The van der Waals surface area contributed by atoms with Gasteiger partial charge < -0.3 is 25.3 Å². The van der Waals surface area contributed by atoms with Crippen LogP contribution in [-0.4, -0.2) is 99.3 Å². The Morgan fingerprint density at radius 1 is 0.676 bits per heavy atom. The van der Waals surface area contributed by atoms with Crippen molar-refractivity contribution in [3.8, 4) is 0 Å². The summed E-state index contributed by atoms with van der Waals surface area (Å²) in [5.74, 6) is 2.84. The van der Waals surface area contributed by atoms with Gasteiger partial charge in [-0.05, 0) is 121 Å². The van der Waals surface area contributed by atoms with Crippen LogP contribution in [0.4, 0.5) is 0 Å². The average molecular weight is 524 g/mol. The van der Waals surface area contributed by atoms with Gasteiger partial charge in [-0.1, -0.05) is 48.5 Å². The van der Waals surface area contributed by atoms with Gasteiger partial charge in [-0.25, -0.2) is 0 Å². The van der Waals surface area contributed by atoms with Crippen LogP contribution in [0.25, 0.3) is 0 Å². The second-order valence-corrected chi connectivity index (χ2v) is 12.8. The Balaban J connectivity index is 0.000000361. The fourth-order valence-electron chi connectivity index (χ4n) is 6.27. The van der Waals surface area contributed by atoms with Crippen molar-refractivity contribution >= 4 is 0 Å². The average Bonchev–Trinajstić information content (AvgIpc) is 3.44. The molecule has 0 radical (unpaired) electrons. The Morgan fingerprint density at radius 2 is 1.27 bits per heavy atom. The van der Waals surface area contributed by atoms with E-state index in [4.69, 9.17) is 0 Å². The minimum atomic E-state index is 0.510. The molecule has 222 valence electrons. The number of hydrogen-bond acceptors (Lipinski definition) is 5. The first-order valence-corrected chi connectivity index (χ1v) is 16.4. The van der Waals surface area contributed by atoms with Crippen molar-refractivity contribution in [3.05, 3.63) is 0 Å². The summed E-state index contributed by atoms with van der Waals surface area (Å²) in [4.78, 5) is 7.97. The van der Waals surface area contributed by atoms with E-state index in [2.05, 4.69) is 60.0 Å². The van der Waals surface area contributed by atoms with Gasteiger partial charge in [0.15, 0.2) is 0 Å². The molecule has 4 aliphatic rings. The molecule has 37 heavy (non-hydrogen) atoms. The van der Waals surface area contributed by atoms with Gasteiger partial charge in [0, 0.05) is 38.8 Å². The van der Waals surface area contributed by atoms with Crippen molar-refractivity contribution in [3.63, 3.8) is 0 Å². The molecule has 0 spiro atoms. The van der Waals surface area contributed by atoms with Crippen molar-refractivity contribution in [2.75, 3.05) is 78.5 Å². The third-order valence-electron chi connectivity index (χ3n) is 8.93. The Labute approximate surface area is 233 Å². The molecular formula is C32H69N5. The monoisotopic (exact) mass is 524 g/mol. The molecule has 4 aliphatic heterocycles. The zero-order valence-electron chi connectivity index (χ0n) is 26.9. The number of piperazine rings is 1. The summed E-state index contributed by atoms with van der Waals surface area (Å²) in [5.41, 5.74) is 0.510. The van der Waals surface area contributed by atoms with E-state index in [1.54, 1.807) is 0 Å². The Morgan fingerprint density at radius 3 is 1.76 bits per heavy atom. The highest BCUT2D eigenvalue weighted by Gasteiger charge is 2.29. The van der Waals surface area contributed by atoms with Gasteiger partial charge in [0.05, 0.1) is 0 Å². The number of likely N-dealkylation sites (tertiary alicyclic amines) is 2. The minimum absolute atomic E-state index is 0.510. The van der Waals surface area contributed by atoms with E-state index in [9.17, 15) is 0 Å². The normalized spacial score (nSPS) is 25.0. The maximum absolute atomic E-state index is 3.42. The van der Waals surface area contributed by atoms with Gasteiger partial charge in [0.1, 0.15) is 0 Å². The number of nitrogens with zero attached hydrogens (tertiary/aromatic N) is 3. The molecular weight excluding hydrogens is 454 g/mol. The van der Waals surface area contributed by atoms with Gasteiger partial charge >= 0.3 is 0 Å². The Hall–Kier alpha value is -0.200. The molecule has 5 heteroatoms. The molecule has 5 nitrogen and oxygen atoms in total. The van der Waals surface area contributed by atoms with Crippen LogP contribution >= 0.6 is 0 Å². The van der Waals surface area contributed by atoms with Crippen molar-refractivity contribution in [1.82, 2.24) is 25.3 Å². The summed E-state index contributed by atoms with van der Waals surface area (Å²) in [6.45, 7) is 35.2. The molecule has 0 bridgehead atoms. The van der Waals surface area contributed by atoms with Crippen molar-refractivity contribution in [1.29, 1.82) is 0 Å². The third-order valence-corrected chi connectivity index (χ3v) is 8.93. The fraction of sp³-hybridized carbons (Fsp3) is 1.00.